The molecule has 1 amide bonds. The summed E-state index contributed by atoms with van der Waals surface area (Å²) >= 11 is 6.66. The minimum absolute atomic E-state index is 0.0466. The Morgan fingerprint density at radius 1 is 1.25 bits per heavy atom. The van der Waals surface area contributed by atoms with Crippen molar-refractivity contribution in [2.75, 3.05) is 24.2 Å². The molecule has 0 aromatic heterocycles. The maximum atomic E-state index is 12.2. The smallest absolute Gasteiger partial charge is 0.317 e. The molecule has 0 bridgehead atoms. The van der Waals surface area contributed by atoms with E-state index in [1.807, 2.05) is 0 Å². The van der Waals surface area contributed by atoms with Crippen molar-refractivity contribution in [2.45, 2.75) is 39.7 Å². The number of esters is 1. The summed E-state index contributed by atoms with van der Waals surface area (Å²) in [5.74, 6) is -0.161. The van der Waals surface area contributed by atoms with E-state index in [-0.39, 0.29) is 11.5 Å². The number of likely N-dealkylation sites (tertiary alicyclic amines) is 1. The molecular weight excluding hydrogens is 396 g/mol. The fraction of sp³-hybridized carbons (Fsp3) is 0.500. The van der Waals surface area contributed by atoms with Gasteiger partial charge in [0.05, 0.1) is 5.75 Å². The Labute approximate surface area is 175 Å². The third-order valence-corrected chi connectivity index (χ3v) is 6.09. The lowest BCUT2D eigenvalue weighted by molar-refractivity contribution is -0.150. The molecule has 0 spiro atoms. The number of rotatable bonds is 6. The average molecular weight is 423 g/mol. The maximum Gasteiger partial charge on any atom is 0.317 e. The molecule has 0 aliphatic carbocycles. The Morgan fingerprint density at radius 2 is 1.86 bits per heavy atom. The lowest BCUT2D eigenvalue weighted by Gasteiger charge is -2.31. The molecule has 0 radical (unpaired) electrons. The number of carbonyl (C=O) groups excluding carboxylic acids is 3. The standard InChI is InChI=1S/C20H26N2O4S2/c1-13-8-10-22(11-9-13)20(27)28-12-18(24)26-15(3)19(25)21-17-6-4-16(5-7-17)14(2)23/h4-7,13,15H,8-12H2,1-3H3,(H,21,25)/t15-/m0/s1. The van der Waals surface area contributed by atoms with E-state index in [0.29, 0.717) is 21.5 Å². The van der Waals surface area contributed by atoms with Gasteiger partial charge in [-0.05, 0) is 56.9 Å². The van der Waals surface area contributed by atoms with Gasteiger partial charge in [-0.25, -0.2) is 0 Å². The van der Waals surface area contributed by atoms with Crippen LogP contribution in [-0.2, 0) is 14.3 Å². The zero-order valence-electron chi connectivity index (χ0n) is 16.4. The van der Waals surface area contributed by atoms with Gasteiger partial charge in [0.2, 0.25) is 0 Å². The van der Waals surface area contributed by atoms with Crippen LogP contribution in [0.4, 0.5) is 5.69 Å². The number of thiocarbonyl (C=S) groups is 1. The predicted octanol–water partition coefficient (Wildman–Crippen LogP) is 3.51. The minimum Gasteiger partial charge on any atom is -0.452 e. The van der Waals surface area contributed by atoms with Gasteiger partial charge < -0.3 is 15.0 Å². The fourth-order valence-corrected chi connectivity index (χ4v) is 3.75. The van der Waals surface area contributed by atoms with Crippen molar-refractivity contribution >= 4 is 51.6 Å². The first-order valence-electron chi connectivity index (χ1n) is 9.29. The molecule has 8 heteroatoms. The summed E-state index contributed by atoms with van der Waals surface area (Å²) in [5.41, 5.74) is 1.10. The molecule has 28 heavy (non-hydrogen) atoms. The molecule has 1 atom stereocenters. The van der Waals surface area contributed by atoms with E-state index < -0.39 is 18.0 Å². The zero-order valence-corrected chi connectivity index (χ0v) is 18.0. The third-order valence-electron chi connectivity index (χ3n) is 4.59. The Kier molecular flexibility index (Phi) is 8.44. The van der Waals surface area contributed by atoms with Gasteiger partial charge in [0.1, 0.15) is 4.32 Å². The first kappa shape index (κ1) is 22.4. The van der Waals surface area contributed by atoms with Gasteiger partial charge in [-0.15, -0.1) is 0 Å². The molecule has 1 fully saturated rings. The van der Waals surface area contributed by atoms with Crippen molar-refractivity contribution in [3.8, 4) is 0 Å². The summed E-state index contributed by atoms with van der Waals surface area (Å²) < 4.78 is 5.90. The van der Waals surface area contributed by atoms with Crippen LogP contribution in [0.3, 0.4) is 0 Å². The lowest BCUT2D eigenvalue weighted by Crippen LogP contribution is -2.36. The van der Waals surface area contributed by atoms with E-state index in [4.69, 9.17) is 17.0 Å². The van der Waals surface area contributed by atoms with Crippen LogP contribution in [0.1, 0.15) is 44.0 Å². The van der Waals surface area contributed by atoms with E-state index in [0.717, 1.165) is 25.9 Å². The monoisotopic (exact) mass is 422 g/mol. The average Bonchev–Trinajstić information content (AvgIpc) is 2.67. The van der Waals surface area contributed by atoms with Crippen LogP contribution >= 0.6 is 24.0 Å². The van der Waals surface area contributed by atoms with Gasteiger partial charge in [-0.1, -0.05) is 30.9 Å². The number of carbonyl (C=O) groups is 3. The van der Waals surface area contributed by atoms with Gasteiger partial charge in [0, 0.05) is 24.3 Å². The second kappa shape index (κ2) is 10.6. The van der Waals surface area contributed by atoms with Gasteiger partial charge in [0.15, 0.2) is 11.9 Å². The second-order valence-electron chi connectivity index (χ2n) is 6.98. The number of Topliss-reactive ketones (excluding diaryl/α,β-unsaturated/α-hetero) is 1. The first-order valence-corrected chi connectivity index (χ1v) is 10.7. The van der Waals surface area contributed by atoms with E-state index in [2.05, 4.69) is 17.1 Å². The number of piperidine rings is 1. The Bertz CT molecular complexity index is 728. The number of nitrogens with one attached hydrogen (secondary N) is 1. The SMILES string of the molecule is CC(=O)c1ccc(NC(=O)[C@H](C)OC(=O)CSC(=S)N2CCC(C)CC2)cc1. The van der Waals surface area contributed by atoms with E-state index in [9.17, 15) is 14.4 Å². The van der Waals surface area contributed by atoms with E-state index in [1.165, 1.54) is 25.6 Å². The molecule has 1 saturated heterocycles. The summed E-state index contributed by atoms with van der Waals surface area (Å²) in [6.45, 7) is 7.07. The number of amides is 1. The summed E-state index contributed by atoms with van der Waals surface area (Å²) in [7, 11) is 0. The van der Waals surface area contributed by atoms with Crippen molar-refractivity contribution in [2.24, 2.45) is 5.92 Å². The molecule has 1 aliphatic rings. The Balaban J connectivity index is 1.74. The van der Waals surface area contributed by atoms with Crippen molar-refractivity contribution in [1.82, 2.24) is 4.90 Å². The van der Waals surface area contributed by atoms with Crippen LogP contribution in [-0.4, -0.2) is 51.8 Å². The normalized spacial score (nSPS) is 15.6. The topological polar surface area (TPSA) is 75.7 Å². The maximum absolute atomic E-state index is 12.2. The van der Waals surface area contributed by atoms with Crippen molar-refractivity contribution in [3.63, 3.8) is 0 Å². The zero-order chi connectivity index (χ0) is 20.7. The highest BCUT2D eigenvalue weighted by atomic mass is 32.2. The Morgan fingerprint density at radius 3 is 2.43 bits per heavy atom. The van der Waals surface area contributed by atoms with E-state index >= 15 is 0 Å². The lowest BCUT2D eigenvalue weighted by atomic mass is 10.00. The van der Waals surface area contributed by atoms with Crippen LogP contribution in [0, 0.1) is 5.92 Å². The molecule has 0 saturated carbocycles. The number of benzene rings is 1. The molecule has 1 aromatic carbocycles. The Hall–Kier alpha value is -1.93. The van der Waals surface area contributed by atoms with Crippen molar-refractivity contribution in [3.05, 3.63) is 29.8 Å². The van der Waals surface area contributed by atoms with Crippen LogP contribution < -0.4 is 5.32 Å². The largest absolute Gasteiger partial charge is 0.452 e. The highest BCUT2D eigenvalue weighted by Crippen LogP contribution is 2.20. The first-order chi connectivity index (χ1) is 13.3. The number of ether oxygens (including phenoxy) is 1. The van der Waals surface area contributed by atoms with Gasteiger partial charge in [-0.3, -0.25) is 14.4 Å². The van der Waals surface area contributed by atoms with Crippen molar-refractivity contribution in [1.29, 1.82) is 0 Å². The molecule has 1 aromatic rings. The highest BCUT2D eigenvalue weighted by molar-refractivity contribution is 8.23. The van der Waals surface area contributed by atoms with Crippen LogP contribution in [0.5, 0.6) is 0 Å². The number of thioether (sulfide) groups is 1. The molecule has 152 valence electrons. The van der Waals surface area contributed by atoms with Crippen LogP contribution in [0.2, 0.25) is 0 Å². The number of hydrogen-bond donors (Lipinski definition) is 1. The molecule has 6 nitrogen and oxygen atoms in total. The summed E-state index contributed by atoms with van der Waals surface area (Å²) in [6.07, 6.45) is 1.29. The summed E-state index contributed by atoms with van der Waals surface area (Å²) in [4.78, 5) is 37.6. The van der Waals surface area contributed by atoms with Gasteiger partial charge >= 0.3 is 5.97 Å². The highest BCUT2D eigenvalue weighted by Gasteiger charge is 2.21. The minimum atomic E-state index is -0.926. The van der Waals surface area contributed by atoms with Gasteiger partial charge in [-0.2, -0.15) is 0 Å². The third kappa shape index (κ3) is 6.91. The van der Waals surface area contributed by atoms with Crippen LogP contribution in [0.15, 0.2) is 24.3 Å². The van der Waals surface area contributed by atoms with Crippen molar-refractivity contribution < 1.29 is 19.1 Å². The van der Waals surface area contributed by atoms with E-state index in [1.54, 1.807) is 24.3 Å². The molecular formula is C20H26N2O4S2. The number of nitrogens with zero attached hydrogens (tertiary/aromatic N) is 1. The van der Waals surface area contributed by atoms with Crippen LogP contribution in [0.25, 0.3) is 0 Å². The quantitative estimate of drug-likeness (QED) is 0.427. The molecule has 0 unspecified atom stereocenters. The summed E-state index contributed by atoms with van der Waals surface area (Å²) in [5, 5.41) is 2.67. The number of ketones is 1. The second-order valence-corrected chi connectivity index (χ2v) is 8.59. The predicted molar refractivity (Wildman–Crippen MR) is 116 cm³/mol. The molecule has 1 N–H and O–H groups in total. The number of hydrogen-bond acceptors (Lipinski definition) is 6. The summed E-state index contributed by atoms with van der Waals surface area (Å²) in [6, 6.07) is 6.54. The molecule has 1 heterocycles. The number of anilines is 1. The van der Waals surface area contributed by atoms with Gasteiger partial charge in [0.25, 0.3) is 5.91 Å². The molecule has 2 rings (SSSR count). The fourth-order valence-electron chi connectivity index (χ4n) is 2.72. The molecule has 1 aliphatic heterocycles.